The summed E-state index contributed by atoms with van der Waals surface area (Å²) in [5, 5.41) is 9.19. The molecular formula is C10H16ClNO2. The molecule has 1 N–H and O–H groups in total. The number of hydrogen-bond acceptors (Lipinski definition) is 2. The minimum absolute atomic E-state index is 0.278. The smallest absolute Gasteiger partial charge is 0.303 e. The maximum absolute atomic E-state index is 10.4. The molecule has 0 bridgehead atoms. The van der Waals surface area contributed by atoms with Crippen molar-refractivity contribution in [3.05, 3.63) is 11.6 Å². The zero-order chi connectivity index (χ0) is 10.6. The summed E-state index contributed by atoms with van der Waals surface area (Å²) < 4.78 is 0. The molecule has 80 valence electrons. The SMILES string of the molecule is C=C(Cl)CN1CCC(CCC(=O)O)C1. The number of hydrogen-bond donors (Lipinski definition) is 1. The van der Waals surface area contributed by atoms with Gasteiger partial charge in [0.25, 0.3) is 0 Å². The van der Waals surface area contributed by atoms with Gasteiger partial charge in [-0.1, -0.05) is 18.2 Å². The van der Waals surface area contributed by atoms with Crippen LogP contribution in [-0.4, -0.2) is 35.6 Å². The standard InChI is InChI=1S/C10H16ClNO2/c1-8(11)6-12-5-4-9(7-12)2-3-10(13)14/h9H,1-7H2,(H,13,14). The largest absolute Gasteiger partial charge is 0.481 e. The molecule has 1 aliphatic rings. The van der Waals surface area contributed by atoms with E-state index in [4.69, 9.17) is 16.7 Å². The Morgan fingerprint density at radius 2 is 2.36 bits per heavy atom. The monoisotopic (exact) mass is 217 g/mol. The molecule has 0 aliphatic carbocycles. The fraction of sp³-hybridized carbons (Fsp3) is 0.700. The van der Waals surface area contributed by atoms with Crippen molar-refractivity contribution in [2.75, 3.05) is 19.6 Å². The summed E-state index contributed by atoms with van der Waals surface area (Å²) in [4.78, 5) is 12.6. The van der Waals surface area contributed by atoms with Crippen molar-refractivity contribution in [2.24, 2.45) is 5.92 Å². The van der Waals surface area contributed by atoms with E-state index < -0.39 is 5.97 Å². The summed E-state index contributed by atoms with van der Waals surface area (Å²) in [5.74, 6) is -0.188. The fourth-order valence-electron chi connectivity index (χ4n) is 1.86. The Morgan fingerprint density at radius 3 is 2.93 bits per heavy atom. The lowest BCUT2D eigenvalue weighted by Gasteiger charge is -2.14. The van der Waals surface area contributed by atoms with Crippen molar-refractivity contribution in [2.45, 2.75) is 19.3 Å². The van der Waals surface area contributed by atoms with Crippen LogP contribution in [0.15, 0.2) is 11.6 Å². The fourth-order valence-corrected chi connectivity index (χ4v) is 2.03. The Hall–Kier alpha value is -0.540. The van der Waals surface area contributed by atoms with Crippen molar-refractivity contribution >= 4 is 17.6 Å². The summed E-state index contributed by atoms with van der Waals surface area (Å²) in [7, 11) is 0. The highest BCUT2D eigenvalue weighted by atomic mass is 35.5. The van der Waals surface area contributed by atoms with Crippen LogP contribution in [-0.2, 0) is 4.79 Å². The van der Waals surface area contributed by atoms with Crippen LogP contribution in [0.5, 0.6) is 0 Å². The average molecular weight is 218 g/mol. The summed E-state index contributed by atoms with van der Waals surface area (Å²) in [6, 6.07) is 0. The second-order valence-corrected chi connectivity index (χ2v) is 4.37. The van der Waals surface area contributed by atoms with Gasteiger partial charge in [0.1, 0.15) is 0 Å². The predicted molar refractivity (Wildman–Crippen MR) is 56.4 cm³/mol. The molecule has 0 aromatic carbocycles. The Balaban J connectivity index is 2.20. The topological polar surface area (TPSA) is 40.5 Å². The van der Waals surface area contributed by atoms with Gasteiger partial charge in [-0.05, 0) is 25.3 Å². The van der Waals surface area contributed by atoms with E-state index in [1.807, 2.05) is 0 Å². The van der Waals surface area contributed by atoms with Gasteiger partial charge in [0.05, 0.1) is 0 Å². The molecule has 1 fully saturated rings. The summed E-state index contributed by atoms with van der Waals surface area (Å²) in [5.41, 5.74) is 0. The van der Waals surface area contributed by atoms with Gasteiger partial charge in [0.15, 0.2) is 0 Å². The highest BCUT2D eigenvalue weighted by Crippen LogP contribution is 2.21. The van der Waals surface area contributed by atoms with E-state index in [0.717, 1.165) is 32.5 Å². The number of halogens is 1. The van der Waals surface area contributed by atoms with E-state index in [1.54, 1.807) is 0 Å². The molecular weight excluding hydrogens is 202 g/mol. The Labute approximate surface area is 89.3 Å². The molecule has 1 atom stereocenters. The zero-order valence-corrected chi connectivity index (χ0v) is 8.96. The van der Waals surface area contributed by atoms with Crippen LogP contribution in [0.1, 0.15) is 19.3 Å². The average Bonchev–Trinajstić information content (AvgIpc) is 2.47. The number of carboxylic acid groups (broad SMARTS) is 1. The van der Waals surface area contributed by atoms with Crippen LogP contribution in [0.3, 0.4) is 0 Å². The lowest BCUT2D eigenvalue weighted by Crippen LogP contribution is -2.22. The summed E-state index contributed by atoms with van der Waals surface area (Å²) >= 11 is 5.70. The van der Waals surface area contributed by atoms with Gasteiger partial charge in [-0.25, -0.2) is 0 Å². The van der Waals surface area contributed by atoms with Gasteiger partial charge in [-0.3, -0.25) is 9.69 Å². The lowest BCUT2D eigenvalue weighted by molar-refractivity contribution is -0.137. The number of carboxylic acids is 1. The van der Waals surface area contributed by atoms with E-state index in [9.17, 15) is 4.79 Å². The predicted octanol–water partition coefficient (Wildman–Crippen LogP) is 1.93. The number of nitrogens with zero attached hydrogens (tertiary/aromatic N) is 1. The number of aliphatic carboxylic acids is 1. The van der Waals surface area contributed by atoms with Crippen LogP contribution in [0.4, 0.5) is 0 Å². The van der Waals surface area contributed by atoms with Gasteiger partial charge in [0, 0.05) is 24.5 Å². The van der Waals surface area contributed by atoms with Crippen molar-refractivity contribution < 1.29 is 9.90 Å². The normalized spacial score (nSPS) is 22.5. The molecule has 0 spiro atoms. The third-order valence-corrected chi connectivity index (χ3v) is 2.65. The van der Waals surface area contributed by atoms with E-state index >= 15 is 0 Å². The first kappa shape index (κ1) is 11.5. The third-order valence-electron chi connectivity index (χ3n) is 2.53. The van der Waals surface area contributed by atoms with E-state index in [1.165, 1.54) is 0 Å². The van der Waals surface area contributed by atoms with Gasteiger partial charge >= 0.3 is 5.97 Å². The Kier molecular flexibility index (Phi) is 4.42. The number of carbonyl (C=O) groups is 1. The van der Waals surface area contributed by atoms with E-state index in [2.05, 4.69) is 11.5 Å². The van der Waals surface area contributed by atoms with Crippen molar-refractivity contribution in [1.82, 2.24) is 4.90 Å². The van der Waals surface area contributed by atoms with Crippen LogP contribution in [0.2, 0.25) is 0 Å². The molecule has 3 nitrogen and oxygen atoms in total. The highest BCUT2D eigenvalue weighted by molar-refractivity contribution is 6.29. The van der Waals surface area contributed by atoms with Gasteiger partial charge in [0.2, 0.25) is 0 Å². The molecule has 1 heterocycles. The summed E-state index contributed by atoms with van der Waals surface area (Å²) in [6.45, 7) is 6.34. The lowest BCUT2D eigenvalue weighted by atomic mass is 10.0. The molecule has 14 heavy (non-hydrogen) atoms. The van der Waals surface area contributed by atoms with E-state index in [-0.39, 0.29) is 6.42 Å². The molecule has 0 radical (unpaired) electrons. The molecule has 1 unspecified atom stereocenters. The molecule has 1 rings (SSSR count). The number of rotatable bonds is 5. The molecule has 1 saturated heterocycles. The van der Waals surface area contributed by atoms with E-state index in [0.29, 0.717) is 11.0 Å². The van der Waals surface area contributed by atoms with Crippen molar-refractivity contribution in [3.63, 3.8) is 0 Å². The molecule has 0 saturated carbocycles. The van der Waals surface area contributed by atoms with Gasteiger partial charge in [-0.15, -0.1) is 0 Å². The highest BCUT2D eigenvalue weighted by Gasteiger charge is 2.22. The first-order valence-electron chi connectivity index (χ1n) is 4.85. The first-order chi connectivity index (χ1) is 6.58. The molecule has 4 heteroatoms. The Morgan fingerprint density at radius 1 is 1.64 bits per heavy atom. The van der Waals surface area contributed by atoms with Crippen LogP contribution in [0, 0.1) is 5.92 Å². The molecule has 1 aliphatic heterocycles. The molecule has 0 aromatic rings. The summed E-state index contributed by atoms with van der Waals surface area (Å²) in [6.07, 6.45) is 2.14. The first-order valence-corrected chi connectivity index (χ1v) is 5.23. The van der Waals surface area contributed by atoms with Crippen LogP contribution >= 0.6 is 11.6 Å². The third kappa shape index (κ3) is 4.11. The molecule has 0 amide bonds. The van der Waals surface area contributed by atoms with Crippen molar-refractivity contribution in [3.8, 4) is 0 Å². The maximum atomic E-state index is 10.4. The Bertz CT molecular complexity index is 230. The van der Waals surface area contributed by atoms with Crippen molar-refractivity contribution in [1.29, 1.82) is 0 Å². The second kappa shape index (κ2) is 5.37. The van der Waals surface area contributed by atoms with Gasteiger partial charge in [-0.2, -0.15) is 0 Å². The van der Waals surface area contributed by atoms with Crippen LogP contribution in [0.25, 0.3) is 0 Å². The quantitative estimate of drug-likeness (QED) is 0.765. The maximum Gasteiger partial charge on any atom is 0.303 e. The molecule has 0 aromatic heterocycles. The van der Waals surface area contributed by atoms with Gasteiger partial charge < -0.3 is 5.11 Å². The minimum Gasteiger partial charge on any atom is -0.481 e. The number of likely N-dealkylation sites (tertiary alicyclic amines) is 1. The second-order valence-electron chi connectivity index (χ2n) is 3.84. The minimum atomic E-state index is -0.704. The zero-order valence-electron chi connectivity index (χ0n) is 8.21. The van der Waals surface area contributed by atoms with Crippen LogP contribution < -0.4 is 0 Å².